The topological polar surface area (TPSA) is 111 Å². The first-order valence-corrected chi connectivity index (χ1v) is 12.1. The number of rotatable bonds is 8. The van der Waals surface area contributed by atoms with E-state index >= 15 is 0 Å². The first kappa shape index (κ1) is 22.6. The summed E-state index contributed by atoms with van der Waals surface area (Å²) in [5.41, 5.74) is 9.32. The van der Waals surface area contributed by atoms with Gasteiger partial charge in [0.2, 0.25) is 15.9 Å². The van der Waals surface area contributed by atoms with E-state index in [2.05, 4.69) is 15.2 Å². The van der Waals surface area contributed by atoms with Crippen LogP contribution in [0.25, 0.3) is 5.70 Å². The zero-order valence-corrected chi connectivity index (χ0v) is 18.1. The number of carbonyl (C=O) groups excluding carboxylic acids is 1. The lowest BCUT2D eigenvalue weighted by Crippen LogP contribution is -2.42. The molecule has 0 saturated heterocycles. The van der Waals surface area contributed by atoms with Crippen LogP contribution in [0.1, 0.15) is 45.1 Å². The van der Waals surface area contributed by atoms with Gasteiger partial charge >= 0.3 is 0 Å². The van der Waals surface area contributed by atoms with Gasteiger partial charge in [0.15, 0.2) is 0 Å². The highest BCUT2D eigenvalue weighted by atomic mass is 32.2. The predicted octanol–water partition coefficient (Wildman–Crippen LogP) is 4.20. The number of nitrogens with zero attached hydrogens (tertiary/aromatic N) is 1. The maximum atomic E-state index is 12.5. The van der Waals surface area contributed by atoms with E-state index in [-0.39, 0.29) is 17.9 Å². The van der Waals surface area contributed by atoms with E-state index < -0.39 is 15.3 Å². The zero-order chi connectivity index (χ0) is 20.7. The average Bonchev–Trinajstić information content (AvgIpc) is 2.67. The van der Waals surface area contributed by atoms with Crippen molar-refractivity contribution in [1.29, 1.82) is 5.53 Å². The second-order valence-electron chi connectivity index (χ2n) is 7.18. The molecule has 0 spiro atoms. The Morgan fingerprint density at radius 1 is 1.21 bits per heavy atom. The molecule has 1 amide bonds. The first-order valence-electron chi connectivity index (χ1n) is 9.29. The van der Waals surface area contributed by atoms with E-state index in [9.17, 15) is 13.2 Å². The maximum absolute atomic E-state index is 12.5. The molecule has 0 unspecified atom stereocenters. The van der Waals surface area contributed by atoms with Crippen LogP contribution < -0.4 is 10.0 Å². The molecule has 154 valence electrons. The average molecular weight is 425 g/mol. The third-order valence-electron chi connectivity index (χ3n) is 4.85. The van der Waals surface area contributed by atoms with Gasteiger partial charge in [-0.1, -0.05) is 12.1 Å². The van der Waals surface area contributed by atoms with Gasteiger partial charge in [0, 0.05) is 23.2 Å². The van der Waals surface area contributed by atoms with Crippen molar-refractivity contribution in [1.82, 2.24) is 4.72 Å². The van der Waals surface area contributed by atoms with Crippen LogP contribution in [-0.2, 0) is 14.8 Å². The molecule has 1 saturated carbocycles. The summed E-state index contributed by atoms with van der Waals surface area (Å²) in [5.74, 6) is -0.155. The van der Waals surface area contributed by atoms with Crippen LogP contribution in [0.2, 0.25) is 0 Å². The van der Waals surface area contributed by atoms with Crippen molar-refractivity contribution in [3.63, 3.8) is 0 Å². The lowest BCUT2D eigenvalue weighted by atomic mass is 9.86. The van der Waals surface area contributed by atoms with Gasteiger partial charge in [-0.2, -0.15) is 5.11 Å². The number of hydrogen-bond acceptors (Lipinski definition) is 6. The lowest BCUT2D eigenvalue weighted by Gasteiger charge is -2.28. The van der Waals surface area contributed by atoms with Crippen molar-refractivity contribution < 1.29 is 13.2 Å². The zero-order valence-electron chi connectivity index (χ0n) is 16.4. The summed E-state index contributed by atoms with van der Waals surface area (Å²) in [6, 6.07) is 7.16. The molecule has 0 heterocycles. The molecular formula is C19H28N4O3S2. The second-order valence-corrected chi connectivity index (χ2v) is 10.2. The van der Waals surface area contributed by atoms with Crippen LogP contribution in [0.15, 0.2) is 34.8 Å². The second kappa shape index (κ2) is 10.2. The maximum Gasteiger partial charge on any atom is 0.227 e. The SMILES string of the molecule is CS/C=C(\N=N)c1ccc(NC(=O)C2CCC(NS(=O)(=O)C(C)C)CC2)cc1. The largest absolute Gasteiger partial charge is 0.326 e. The van der Waals surface area contributed by atoms with Crippen molar-refractivity contribution in [3.8, 4) is 0 Å². The summed E-state index contributed by atoms with van der Waals surface area (Å²) in [6.45, 7) is 3.31. The van der Waals surface area contributed by atoms with Crippen LogP contribution in [0.3, 0.4) is 0 Å². The molecule has 0 radical (unpaired) electrons. The quantitative estimate of drug-likeness (QED) is 0.543. The highest BCUT2D eigenvalue weighted by molar-refractivity contribution is 8.01. The van der Waals surface area contributed by atoms with E-state index in [1.165, 1.54) is 11.8 Å². The van der Waals surface area contributed by atoms with Crippen molar-refractivity contribution in [2.24, 2.45) is 11.0 Å². The molecule has 7 nitrogen and oxygen atoms in total. The fraction of sp³-hybridized carbons (Fsp3) is 0.526. The van der Waals surface area contributed by atoms with E-state index in [1.54, 1.807) is 31.4 Å². The van der Waals surface area contributed by atoms with E-state index in [1.807, 2.05) is 18.4 Å². The van der Waals surface area contributed by atoms with Gasteiger partial charge in [-0.3, -0.25) is 4.79 Å². The summed E-state index contributed by atoms with van der Waals surface area (Å²) >= 11 is 1.48. The minimum atomic E-state index is -3.28. The Morgan fingerprint density at radius 3 is 2.32 bits per heavy atom. The molecule has 1 aromatic rings. The van der Waals surface area contributed by atoms with Gasteiger partial charge in [-0.15, -0.1) is 11.8 Å². The summed E-state index contributed by atoms with van der Waals surface area (Å²) in [4.78, 5) is 12.5. The van der Waals surface area contributed by atoms with Gasteiger partial charge in [-0.05, 0) is 63.3 Å². The van der Waals surface area contributed by atoms with Gasteiger partial charge in [0.05, 0.1) is 10.9 Å². The Morgan fingerprint density at radius 2 is 1.82 bits per heavy atom. The molecule has 1 fully saturated rings. The number of hydrogen-bond donors (Lipinski definition) is 3. The highest BCUT2D eigenvalue weighted by Crippen LogP contribution is 2.27. The molecule has 0 bridgehead atoms. The van der Waals surface area contributed by atoms with Crippen molar-refractivity contribution in [3.05, 3.63) is 35.2 Å². The third-order valence-corrected chi connectivity index (χ3v) is 7.21. The smallest absolute Gasteiger partial charge is 0.227 e. The molecule has 1 aromatic carbocycles. The first-order chi connectivity index (χ1) is 13.3. The number of amides is 1. The minimum Gasteiger partial charge on any atom is -0.326 e. The standard InChI is InChI=1S/C19H28N4O3S2/c1-13(2)28(25,26)23-17-10-6-15(7-11-17)19(24)21-16-8-4-14(5-9-16)18(22-20)12-27-3/h4-5,8-9,12-13,15,17,20,23H,6-7,10-11H2,1-3H3,(H,21,24)/b18-12-,22-20?. The molecule has 0 aliphatic heterocycles. The molecule has 9 heteroatoms. The molecule has 0 aromatic heterocycles. The van der Waals surface area contributed by atoms with Crippen molar-refractivity contribution >= 4 is 39.1 Å². The third kappa shape index (κ3) is 6.15. The van der Waals surface area contributed by atoms with Gasteiger partial charge in [-0.25, -0.2) is 18.7 Å². The Hall–Kier alpha value is -1.71. The van der Waals surface area contributed by atoms with Gasteiger partial charge < -0.3 is 5.32 Å². The van der Waals surface area contributed by atoms with Crippen LogP contribution in [0.4, 0.5) is 5.69 Å². The molecule has 28 heavy (non-hydrogen) atoms. The normalized spacial score (nSPS) is 20.8. The number of benzene rings is 1. The molecule has 3 N–H and O–H groups in total. The van der Waals surface area contributed by atoms with Crippen LogP contribution in [-0.4, -0.2) is 31.9 Å². The van der Waals surface area contributed by atoms with Gasteiger partial charge in [0.25, 0.3) is 0 Å². The highest BCUT2D eigenvalue weighted by Gasteiger charge is 2.29. The Labute approximate surface area is 171 Å². The summed E-state index contributed by atoms with van der Waals surface area (Å²) < 4.78 is 26.7. The van der Waals surface area contributed by atoms with Crippen LogP contribution in [0.5, 0.6) is 0 Å². The number of thioether (sulfide) groups is 1. The summed E-state index contributed by atoms with van der Waals surface area (Å²) in [7, 11) is -3.28. The van der Waals surface area contributed by atoms with Crippen molar-refractivity contribution in [2.75, 3.05) is 11.6 Å². The molecular weight excluding hydrogens is 396 g/mol. The number of sulfonamides is 1. The number of nitrogens with one attached hydrogen (secondary N) is 3. The number of anilines is 1. The predicted molar refractivity (Wildman–Crippen MR) is 115 cm³/mol. The molecule has 1 aliphatic rings. The van der Waals surface area contributed by atoms with Crippen molar-refractivity contribution in [2.45, 2.75) is 50.8 Å². The Kier molecular flexibility index (Phi) is 8.21. The van der Waals surface area contributed by atoms with E-state index in [4.69, 9.17) is 5.53 Å². The Balaban J connectivity index is 1.89. The Bertz CT molecular complexity index is 812. The summed E-state index contributed by atoms with van der Waals surface area (Å²) in [5, 5.41) is 7.78. The van der Waals surface area contributed by atoms with Crippen LogP contribution in [0, 0.1) is 11.4 Å². The fourth-order valence-corrected chi connectivity index (χ4v) is 4.47. The fourth-order valence-electron chi connectivity index (χ4n) is 3.08. The molecule has 0 atom stereocenters. The van der Waals surface area contributed by atoms with E-state index in [0.29, 0.717) is 37.1 Å². The summed E-state index contributed by atoms with van der Waals surface area (Å²) in [6.07, 6.45) is 4.55. The lowest BCUT2D eigenvalue weighted by molar-refractivity contribution is -0.120. The minimum absolute atomic E-state index is 0.0389. The van der Waals surface area contributed by atoms with Crippen LogP contribution >= 0.6 is 11.8 Å². The molecule has 1 aliphatic carbocycles. The van der Waals surface area contributed by atoms with Gasteiger partial charge in [0.1, 0.15) is 0 Å². The number of carbonyl (C=O) groups is 1. The molecule has 2 rings (SSSR count). The monoisotopic (exact) mass is 424 g/mol. The van der Waals surface area contributed by atoms with E-state index in [0.717, 1.165) is 5.56 Å².